The average molecular weight is 303 g/mol. The van der Waals surface area contributed by atoms with Crippen LogP contribution >= 0.6 is 0 Å². The van der Waals surface area contributed by atoms with Crippen LogP contribution in [0.15, 0.2) is 40.8 Å². The molecule has 1 heterocycles. The van der Waals surface area contributed by atoms with Crippen molar-refractivity contribution in [3.63, 3.8) is 0 Å². The maximum Gasteiger partial charge on any atom is 0.289 e. The Morgan fingerprint density at radius 2 is 1.91 bits per heavy atom. The van der Waals surface area contributed by atoms with Crippen LogP contribution in [0.4, 0.5) is 0 Å². The van der Waals surface area contributed by atoms with Crippen molar-refractivity contribution in [1.29, 1.82) is 0 Å². The lowest BCUT2D eigenvalue weighted by molar-refractivity contribution is 0.0745. The minimum Gasteiger partial charge on any atom is -0.494 e. The van der Waals surface area contributed by atoms with Crippen LogP contribution in [0.25, 0.3) is 0 Å². The fraction of sp³-hybridized carbons (Fsp3) is 0.353. The topological polar surface area (TPSA) is 51.9 Å². The molecule has 0 aliphatic heterocycles. The second-order valence-electron chi connectivity index (χ2n) is 4.94. The molecule has 2 aromatic rings. The Hall–Kier alpha value is -2.27. The molecule has 5 nitrogen and oxygen atoms in total. The molecule has 118 valence electrons. The zero-order chi connectivity index (χ0) is 15.9. The molecule has 22 heavy (non-hydrogen) atoms. The van der Waals surface area contributed by atoms with Crippen molar-refractivity contribution in [2.75, 3.05) is 20.8 Å². The van der Waals surface area contributed by atoms with Crippen molar-refractivity contribution in [3.8, 4) is 5.75 Å². The number of furan rings is 1. The van der Waals surface area contributed by atoms with Gasteiger partial charge < -0.3 is 18.8 Å². The van der Waals surface area contributed by atoms with E-state index >= 15 is 0 Å². The highest BCUT2D eigenvalue weighted by atomic mass is 16.5. The van der Waals surface area contributed by atoms with E-state index in [4.69, 9.17) is 13.9 Å². The van der Waals surface area contributed by atoms with Crippen molar-refractivity contribution in [1.82, 2.24) is 4.90 Å². The zero-order valence-electron chi connectivity index (χ0n) is 13.2. The monoisotopic (exact) mass is 303 g/mol. The lowest BCUT2D eigenvalue weighted by Gasteiger charge is -2.16. The molecule has 0 bridgehead atoms. The normalized spacial score (nSPS) is 10.5. The van der Waals surface area contributed by atoms with Crippen molar-refractivity contribution in [2.24, 2.45) is 0 Å². The lowest BCUT2D eigenvalue weighted by atomic mass is 10.2. The molecular weight excluding hydrogens is 282 g/mol. The average Bonchev–Trinajstić information content (AvgIpc) is 2.98. The van der Waals surface area contributed by atoms with Crippen LogP contribution in [0.2, 0.25) is 0 Å². The van der Waals surface area contributed by atoms with Gasteiger partial charge in [0.1, 0.15) is 18.1 Å². The number of methoxy groups -OCH3 is 1. The summed E-state index contributed by atoms with van der Waals surface area (Å²) in [5.74, 6) is 1.63. The molecule has 0 N–H and O–H groups in total. The highest BCUT2D eigenvalue weighted by molar-refractivity contribution is 5.91. The molecule has 0 spiro atoms. The maximum absolute atomic E-state index is 12.3. The second kappa shape index (κ2) is 7.66. The third kappa shape index (κ3) is 4.11. The molecule has 0 radical (unpaired) electrons. The summed E-state index contributed by atoms with van der Waals surface area (Å²) in [4.78, 5) is 13.9. The first kappa shape index (κ1) is 16.1. The highest BCUT2D eigenvalue weighted by Gasteiger charge is 2.16. The third-order valence-electron chi connectivity index (χ3n) is 3.16. The van der Waals surface area contributed by atoms with E-state index in [-0.39, 0.29) is 5.91 Å². The van der Waals surface area contributed by atoms with Crippen molar-refractivity contribution in [2.45, 2.75) is 20.1 Å². The molecule has 0 atom stereocenters. The second-order valence-corrected chi connectivity index (χ2v) is 4.94. The summed E-state index contributed by atoms with van der Waals surface area (Å²) in [6, 6.07) is 11.1. The van der Waals surface area contributed by atoms with Gasteiger partial charge in [-0.2, -0.15) is 0 Å². The quantitative estimate of drug-likeness (QED) is 0.788. The summed E-state index contributed by atoms with van der Waals surface area (Å²) < 4.78 is 15.8. The molecule has 2 rings (SSSR count). The zero-order valence-corrected chi connectivity index (χ0v) is 13.2. The van der Waals surface area contributed by atoms with Crippen LogP contribution in [0.1, 0.15) is 28.8 Å². The molecule has 0 unspecified atom stereocenters. The van der Waals surface area contributed by atoms with Gasteiger partial charge >= 0.3 is 0 Å². The lowest BCUT2D eigenvalue weighted by Crippen LogP contribution is -2.25. The molecule has 0 saturated carbocycles. The molecular formula is C17H21NO4. The number of rotatable bonds is 7. The first-order valence-corrected chi connectivity index (χ1v) is 7.19. The SMILES string of the molecule is CCOc1ccc(CN(C)C(=O)c2ccc(COC)o2)cc1. The fourth-order valence-electron chi connectivity index (χ4n) is 2.10. The fourth-order valence-corrected chi connectivity index (χ4v) is 2.10. The van der Waals surface area contributed by atoms with Crippen molar-refractivity contribution >= 4 is 5.91 Å². The van der Waals surface area contributed by atoms with Crippen LogP contribution in [-0.2, 0) is 17.9 Å². The van der Waals surface area contributed by atoms with E-state index in [1.54, 1.807) is 31.2 Å². The summed E-state index contributed by atoms with van der Waals surface area (Å²) in [6.45, 7) is 3.45. The Kier molecular flexibility index (Phi) is 5.61. The van der Waals surface area contributed by atoms with E-state index in [0.29, 0.717) is 31.3 Å². The van der Waals surface area contributed by atoms with Crippen molar-refractivity contribution < 1.29 is 18.7 Å². The number of nitrogens with zero attached hydrogens (tertiary/aromatic N) is 1. The van der Waals surface area contributed by atoms with Gasteiger partial charge in [0, 0.05) is 20.7 Å². The van der Waals surface area contributed by atoms with Crippen LogP contribution in [0.5, 0.6) is 5.75 Å². The number of hydrogen-bond donors (Lipinski definition) is 0. The molecule has 0 aliphatic rings. The number of ether oxygens (including phenoxy) is 2. The molecule has 1 aromatic heterocycles. The van der Waals surface area contributed by atoms with E-state index in [2.05, 4.69) is 0 Å². The molecule has 0 fully saturated rings. The van der Waals surface area contributed by atoms with E-state index < -0.39 is 0 Å². The van der Waals surface area contributed by atoms with Gasteiger partial charge in [0.25, 0.3) is 5.91 Å². The summed E-state index contributed by atoms with van der Waals surface area (Å²) in [6.07, 6.45) is 0. The number of amides is 1. The smallest absolute Gasteiger partial charge is 0.289 e. The van der Waals surface area contributed by atoms with Gasteiger partial charge in [0.2, 0.25) is 0 Å². The van der Waals surface area contributed by atoms with Crippen LogP contribution in [0, 0.1) is 0 Å². The Bertz CT molecular complexity index is 603. The van der Waals surface area contributed by atoms with E-state index in [1.165, 1.54) is 0 Å². The Morgan fingerprint density at radius 3 is 2.55 bits per heavy atom. The molecule has 0 saturated heterocycles. The van der Waals surface area contributed by atoms with Gasteiger partial charge in [-0.3, -0.25) is 4.79 Å². The van der Waals surface area contributed by atoms with Crippen LogP contribution < -0.4 is 4.74 Å². The van der Waals surface area contributed by atoms with Gasteiger partial charge in [-0.25, -0.2) is 0 Å². The minimum atomic E-state index is -0.156. The largest absolute Gasteiger partial charge is 0.494 e. The highest BCUT2D eigenvalue weighted by Crippen LogP contribution is 2.15. The first-order valence-electron chi connectivity index (χ1n) is 7.19. The molecule has 5 heteroatoms. The van der Waals surface area contributed by atoms with E-state index in [9.17, 15) is 4.79 Å². The minimum absolute atomic E-state index is 0.156. The van der Waals surface area contributed by atoms with E-state index in [1.807, 2.05) is 31.2 Å². The predicted molar refractivity (Wildman–Crippen MR) is 82.8 cm³/mol. The molecule has 1 aromatic carbocycles. The Labute approximate surface area is 130 Å². The third-order valence-corrected chi connectivity index (χ3v) is 3.16. The standard InChI is InChI=1S/C17H21NO4/c1-4-21-14-7-5-13(6-8-14)11-18(2)17(19)16-10-9-15(22-16)12-20-3/h5-10H,4,11-12H2,1-3H3. The number of carbonyl (C=O) groups excluding carboxylic acids is 1. The first-order chi connectivity index (χ1) is 10.6. The summed E-state index contributed by atoms with van der Waals surface area (Å²) in [5, 5.41) is 0. The summed E-state index contributed by atoms with van der Waals surface area (Å²) >= 11 is 0. The molecule has 0 aliphatic carbocycles. The predicted octanol–water partition coefficient (Wildman–Crippen LogP) is 3.10. The van der Waals surface area contributed by atoms with Gasteiger partial charge in [0.05, 0.1) is 6.61 Å². The molecule has 1 amide bonds. The Balaban J connectivity index is 1.97. The summed E-state index contributed by atoms with van der Waals surface area (Å²) in [5.41, 5.74) is 1.03. The van der Waals surface area contributed by atoms with Gasteiger partial charge in [-0.1, -0.05) is 12.1 Å². The number of benzene rings is 1. The summed E-state index contributed by atoms with van der Waals surface area (Å²) in [7, 11) is 3.33. The number of hydrogen-bond acceptors (Lipinski definition) is 4. The van der Waals surface area contributed by atoms with Crippen LogP contribution in [0.3, 0.4) is 0 Å². The Morgan fingerprint density at radius 1 is 1.18 bits per heavy atom. The van der Waals surface area contributed by atoms with Gasteiger partial charge in [-0.05, 0) is 36.8 Å². The number of carbonyl (C=O) groups is 1. The van der Waals surface area contributed by atoms with Gasteiger partial charge in [0.15, 0.2) is 5.76 Å². The van der Waals surface area contributed by atoms with Crippen LogP contribution in [-0.4, -0.2) is 31.6 Å². The van der Waals surface area contributed by atoms with Crippen molar-refractivity contribution in [3.05, 3.63) is 53.5 Å². The van der Waals surface area contributed by atoms with Gasteiger partial charge in [-0.15, -0.1) is 0 Å². The maximum atomic E-state index is 12.3. The van der Waals surface area contributed by atoms with E-state index in [0.717, 1.165) is 11.3 Å².